The van der Waals surface area contributed by atoms with Crippen LogP contribution in [0.1, 0.15) is 75.8 Å². The fraction of sp³-hybridized carbons (Fsp3) is 0.750. The number of carbonyl (C=O) groups excluding carboxylic acids is 2. The molecule has 40 heavy (non-hydrogen) atoms. The van der Waals surface area contributed by atoms with Gasteiger partial charge in [-0.05, 0) is 62.7 Å². The standard InChI is InChI=1S/C28H40N6O6/c1-30-21(29)20-22(35)32(11-17-5-3-4-6-17)26(39)34(23(20)36)19-7-9-27(10-8-19)15-28(16-27)24(37)31(2)25(38)33(28)12-18-13-40-14-18/h17-19,35H,3-16H2,1-2H3,(H2,29,30). The van der Waals surface area contributed by atoms with Crippen molar-refractivity contribution in [3.63, 3.8) is 0 Å². The Morgan fingerprint density at radius 2 is 1.68 bits per heavy atom. The second kappa shape index (κ2) is 9.74. The van der Waals surface area contributed by atoms with Crippen LogP contribution in [0.5, 0.6) is 5.88 Å². The van der Waals surface area contributed by atoms with Crippen molar-refractivity contribution >= 4 is 17.8 Å². The average molecular weight is 557 g/mol. The van der Waals surface area contributed by atoms with Gasteiger partial charge < -0.3 is 20.5 Å². The number of urea groups is 1. The SMILES string of the molecule is CN=C(N)c1c(O)n(CC2CCCC2)c(=O)n(C2CCC3(CC2)CC2(C3)C(=O)N(C)C(=O)N2CC2COC2)c1=O. The molecule has 3 N–H and O–H groups in total. The molecule has 2 spiro atoms. The van der Waals surface area contributed by atoms with Crippen LogP contribution < -0.4 is 17.0 Å². The number of nitrogens with zero attached hydrogens (tertiary/aromatic N) is 5. The van der Waals surface area contributed by atoms with Crippen molar-refractivity contribution in [2.45, 2.75) is 82.3 Å². The minimum atomic E-state index is -0.795. The number of aliphatic imine (C=N–C) groups is 1. The van der Waals surface area contributed by atoms with Gasteiger partial charge in [-0.25, -0.2) is 9.59 Å². The summed E-state index contributed by atoms with van der Waals surface area (Å²) in [5.41, 5.74) is 3.92. The maximum Gasteiger partial charge on any atom is 0.334 e. The molecule has 1 aromatic rings. The molecule has 2 saturated heterocycles. The highest BCUT2D eigenvalue weighted by atomic mass is 16.5. The number of amides is 3. The zero-order valence-corrected chi connectivity index (χ0v) is 23.4. The van der Waals surface area contributed by atoms with Crippen LogP contribution in [-0.4, -0.2) is 81.2 Å². The summed E-state index contributed by atoms with van der Waals surface area (Å²) in [5, 5.41) is 11.0. The molecule has 3 aliphatic carbocycles. The second-order valence-corrected chi connectivity index (χ2v) is 12.8. The predicted molar refractivity (Wildman–Crippen MR) is 146 cm³/mol. The Balaban J connectivity index is 1.24. The molecular weight excluding hydrogens is 516 g/mol. The first-order chi connectivity index (χ1) is 19.1. The molecule has 0 atom stereocenters. The number of hydrogen-bond acceptors (Lipinski definition) is 7. The molecule has 5 aliphatic rings. The van der Waals surface area contributed by atoms with Crippen molar-refractivity contribution in [3.05, 3.63) is 26.4 Å². The van der Waals surface area contributed by atoms with Gasteiger partial charge in [0.2, 0.25) is 5.88 Å². The first-order valence-electron chi connectivity index (χ1n) is 14.6. The quantitative estimate of drug-likeness (QED) is 0.305. The summed E-state index contributed by atoms with van der Waals surface area (Å²) in [6, 6.07) is -0.575. The molecule has 0 bridgehead atoms. The first kappa shape index (κ1) is 27.0. The Bertz CT molecular complexity index is 1350. The number of ether oxygens (including phenoxy) is 1. The van der Waals surface area contributed by atoms with Crippen molar-refractivity contribution in [1.82, 2.24) is 18.9 Å². The average Bonchev–Trinajstić information content (AvgIpc) is 3.47. The van der Waals surface area contributed by atoms with Crippen molar-refractivity contribution < 1.29 is 19.4 Å². The van der Waals surface area contributed by atoms with Crippen LogP contribution in [0.2, 0.25) is 0 Å². The highest BCUT2D eigenvalue weighted by molar-refractivity contribution is 6.07. The van der Waals surface area contributed by atoms with E-state index in [9.17, 15) is 24.3 Å². The number of likely N-dealkylation sites (N-methyl/N-ethyl adjacent to an activating group) is 1. The summed E-state index contributed by atoms with van der Waals surface area (Å²) in [7, 11) is 3.01. The van der Waals surface area contributed by atoms with Gasteiger partial charge in [0.05, 0.1) is 13.2 Å². The fourth-order valence-electron chi connectivity index (χ4n) is 8.07. The Morgan fingerprint density at radius 3 is 2.25 bits per heavy atom. The lowest BCUT2D eigenvalue weighted by Gasteiger charge is -2.58. The molecule has 3 heterocycles. The topological polar surface area (TPSA) is 152 Å². The number of carbonyl (C=O) groups is 2. The Hall–Kier alpha value is -3.15. The van der Waals surface area contributed by atoms with Gasteiger partial charge in [0.15, 0.2) is 0 Å². The summed E-state index contributed by atoms with van der Waals surface area (Å²) in [4.78, 5) is 60.4. The van der Waals surface area contributed by atoms with Gasteiger partial charge in [-0.3, -0.25) is 28.6 Å². The fourth-order valence-corrected chi connectivity index (χ4v) is 8.07. The van der Waals surface area contributed by atoms with Gasteiger partial charge in [0.25, 0.3) is 11.5 Å². The zero-order valence-electron chi connectivity index (χ0n) is 23.4. The van der Waals surface area contributed by atoms with Gasteiger partial charge in [0.1, 0.15) is 16.9 Å². The van der Waals surface area contributed by atoms with Gasteiger partial charge in [0, 0.05) is 39.1 Å². The van der Waals surface area contributed by atoms with Gasteiger partial charge in [-0.2, -0.15) is 0 Å². The molecule has 1 aromatic heterocycles. The van der Waals surface area contributed by atoms with Crippen molar-refractivity contribution in [1.29, 1.82) is 0 Å². The van der Waals surface area contributed by atoms with Crippen LogP contribution in [0, 0.1) is 17.3 Å². The number of aromatic nitrogens is 2. The predicted octanol–water partition coefficient (Wildman–Crippen LogP) is 1.42. The molecule has 3 amide bonds. The van der Waals surface area contributed by atoms with E-state index in [0.29, 0.717) is 52.0 Å². The first-order valence-corrected chi connectivity index (χ1v) is 14.6. The molecule has 12 heteroatoms. The van der Waals surface area contributed by atoms with Crippen molar-refractivity contribution in [2.75, 3.05) is 33.9 Å². The van der Waals surface area contributed by atoms with Crippen molar-refractivity contribution in [3.8, 4) is 5.88 Å². The summed E-state index contributed by atoms with van der Waals surface area (Å²) in [5.74, 6) is -0.0974. The summed E-state index contributed by atoms with van der Waals surface area (Å²) in [6.07, 6.45) is 8.02. The van der Waals surface area contributed by atoms with E-state index in [1.54, 1.807) is 11.9 Å². The molecule has 5 fully saturated rings. The lowest BCUT2D eigenvalue weighted by Crippen LogP contribution is -2.65. The highest BCUT2D eigenvalue weighted by Crippen LogP contribution is 2.62. The van der Waals surface area contributed by atoms with E-state index >= 15 is 0 Å². The Morgan fingerprint density at radius 1 is 1.02 bits per heavy atom. The zero-order chi connectivity index (χ0) is 28.4. The van der Waals surface area contributed by atoms with E-state index in [1.807, 2.05) is 0 Å². The summed E-state index contributed by atoms with van der Waals surface area (Å²) >= 11 is 0. The molecular formula is C28H40N6O6. The second-order valence-electron chi connectivity index (χ2n) is 12.8. The highest BCUT2D eigenvalue weighted by Gasteiger charge is 2.68. The third-order valence-corrected chi connectivity index (χ3v) is 10.4. The molecule has 6 rings (SSSR count). The van der Waals surface area contributed by atoms with E-state index in [4.69, 9.17) is 10.5 Å². The Kier molecular flexibility index (Phi) is 6.59. The largest absolute Gasteiger partial charge is 0.494 e. The summed E-state index contributed by atoms with van der Waals surface area (Å²) in [6.45, 7) is 2.10. The Labute approximate surface area is 232 Å². The maximum atomic E-state index is 13.7. The van der Waals surface area contributed by atoms with E-state index in [2.05, 4.69) is 4.99 Å². The van der Waals surface area contributed by atoms with Crippen LogP contribution >= 0.6 is 0 Å². The third-order valence-electron chi connectivity index (χ3n) is 10.4. The minimum Gasteiger partial charge on any atom is -0.494 e. The lowest BCUT2D eigenvalue weighted by atomic mass is 9.51. The van der Waals surface area contributed by atoms with Crippen LogP contribution in [0.4, 0.5) is 4.79 Å². The number of hydrogen-bond donors (Lipinski definition) is 2. The number of imide groups is 1. The van der Waals surface area contributed by atoms with E-state index < -0.39 is 22.7 Å². The molecule has 12 nitrogen and oxygen atoms in total. The van der Waals surface area contributed by atoms with Crippen LogP contribution in [-0.2, 0) is 16.1 Å². The maximum absolute atomic E-state index is 13.7. The van der Waals surface area contributed by atoms with E-state index in [0.717, 1.165) is 38.5 Å². The van der Waals surface area contributed by atoms with E-state index in [1.165, 1.54) is 21.1 Å². The van der Waals surface area contributed by atoms with Crippen molar-refractivity contribution in [2.24, 2.45) is 28.0 Å². The molecule has 0 radical (unpaired) electrons. The van der Waals surface area contributed by atoms with E-state index in [-0.39, 0.29) is 46.6 Å². The van der Waals surface area contributed by atoms with Gasteiger partial charge in [-0.15, -0.1) is 0 Å². The molecule has 218 valence electrons. The molecule has 0 aromatic carbocycles. The monoisotopic (exact) mass is 556 g/mol. The van der Waals surface area contributed by atoms with Crippen LogP contribution in [0.25, 0.3) is 0 Å². The van der Waals surface area contributed by atoms with Crippen LogP contribution in [0.3, 0.4) is 0 Å². The smallest absolute Gasteiger partial charge is 0.334 e. The summed E-state index contributed by atoms with van der Waals surface area (Å²) < 4.78 is 7.89. The molecule has 2 aliphatic heterocycles. The normalized spacial score (nSPS) is 31.4. The molecule has 3 saturated carbocycles. The number of rotatable bonds is 6. The molecule has 0 unspecified atom stereocenters. The van der Waals surface area contributed by atoms with Crippen LogP contribution in [0.15, 0.2) is 14.6 Å². The minimum absolute atomic E-state index is 0.0878. The van der Waals surface area contributed by atoms with Gasteiger partial charge >= 0.3 is 11.7 Å². The number of amidine groups is 1. The number of nitrogens with two attached hydrogens (primary N) is 1. The lowest BCUT2D eigenvalue weighted by molar-refractivity contribution is -0.152. The van der Waals surface area contributed by atoms with Gasteiger partial charge in [-0.1, -0.05) is 12.8 Å². The third kappa shape index (κ3) is 4.01. The number of aromatic hydroxyl groups is 1.